The lowest BCUT2D eigenvalue weighted by Gasteiger charge is -2.13. The van der Waals surface area contributed by atoms with Crippen molar-refractivity contribution in [3.63, 3.8) is 0 Å². The van der Waals surface area contributed by atoms with E-state index in [-0.39, 0.29) is 28.3 Å². The lowest BCUT2D eigenvalue weighted by molar-refractivity contribution is -0.274. The molecule has 0 spiro atoms. The zero-order valence-corrected chi connectivity index (χ0v) is 17.1. The molecule has 0 bridgehead atoms. The molecule has 0 atom stereocenters. The predicted molar refractivity (Wildman–Crippen MR) is 114 cm³/mol. The van der Waals surface area contributed by atoms with E-state index in [2.05, 4.69) is 30.3 Å². The second-order valence-electron chi connectivity index (χ2n) is 7.06. The third kappa shape index (κ3) is 4.28. The van der Waals surface area contributed by atoms with Gasteiger partial charge in [-0.2, -0.15) is 5.10 Å². The molecule has 2 aromatic carbocycles. The molecule has 34 heavy (non-hydrogen) atoms. The molecule has 0 fully saturated rings. The number of benzene rings is 2. The molecule has 0 unspecified atom stereocenters. The van der Waals surface area contributed by atoms with Gasteiger partial charge in [0, 0.05) is 23.0 Å². The standard InChI is InChI=1S/C22H14F3N7O2/c23-22(24,25)34-19-7-2-1-6-16(19)17-8-9-32-20(29-17)18(11-28-32)30-21(33)14-4-3-5-15(10-14)31-12-26-27-13-31/h1-13H,(H,30,33). The minimum Gasteiger partial charge on any atom is -0.405 e. The number of carbonyl (C=O) groups excluding carboxylic acids is 1. The van der Waals surface area contributed by atoms with Gasteiger partial charge in [-0.15, -0.1) is 23.4 Å². The Hall–Kier alpha value is -4.74. The van der Waals surface area contributed by atoms with Crippen molar-refractivity contribution in [2.45, 2.75) is 6.36 Å². The Bertz CT molecular complexity index is 1480. The Labute approximate surface area is 189 Å². The molecule has 170 valence electrons. The minimum atomic E-state index is -4.85. The molecule has 3 heterocycles. The SMILES string of the molecule is O=C(Nc1cnn2ccc(-c3ccccc3OC(F)(F)F)nc12)c1cccc(-n2cnnc2)c1. The number of nitrogens with one attached hydrogen (secondary N) is 1. The summed E-state index contributed by atoms with van der Waals surface area (Å²) in [7, 11) is 0. The quantitative estimate of drug-likeness (QED) is 0.419. The number of rotatable bonds is 5. The lowest BCUT2D eigenvalue weighted by atomic mass is 10.1. The Morgan fingerprint density at radius 2 is 1.79 bits per heavy atom. The first-order chi connectivity index (χ1) is 16.4. The van der Waals surface area contributed by atoms with Crippen LogP contribution in [0.5, 0.6) is 5.75 Å². The van der Waals surface area contributed by atoms with Gasteiger partial charge in [-0.25, -0.2) is 9.50 Å². The van der Waals surface area contributed by atoms with Gasteiger partial charge < -0.3 is 10.1 Å². The summed E-state index contributed by atoms with van der Waals surface area (Å²) in [5.41, 5.74) is 1.96. The van der Waals surface area contributed by atoms with E-state index in [0.29, 0.717) is 11.3 Å². The molecule has 1 amide bonds. The van der Waals surface area contributed by atoms with Gasteiger partial charge >= 0.3 is 6.36 Å². The van der Waals surface area contributed by atoms with Crippen LogP contribution >= 0.6 is 0 Å². The van der Waals surface area contributed by atoms with Crippen molar-refractivity contribution < 1.29 is 22.7 Å². The molecule has 0 aliphatic heterocycles. The first-order valence-electron chi connectivity index (χ1n) is 9.83. The van der Waals surface area contributed by atoms with E-state index in [9.17, 15) is 18.0 Å². The van der Waals surface area contributed by atoms with Crippen molar-refractivity contribution >= 4 is 17.2 Å². The highest BCUT2D eigenvalue weighted by molar-refractivity contribution is 6.06. The average molecular weight is 465 g/mol. The lowest BCUT2D eigenvalue weighted by Crippen LogP contribution is -2.17. The third-order valence-corrected chi connectivity index (χ3v) is 4.83. The molecule has 9 nitrogen and oxygen atoms in total. The van der Waals surface area contributed by atoms with Gasteiger partial charge in [-0.05, 0) is 36.4 Å². The van der Waals surface area contributed by atoms with E-state index in [1.807, 2.05) is 0 Å². The topological polar surface area (TPSA) is 99.2 Å². The number of halogens is 3. The molecular weight excluding hydrogens is 451 g/mol. The van der Waals surface area contributed by atoms with Crippen LogP contribution in [0.25, 0.3) is 22.6 Å². The Morgan fingerprint density at radius 1 is 1.00 bits per heavy atom. The molecule has 0 saturated carbocycles. The highest BCUT2D eigenvalue weighted by Gasteiger charge is 2.32. The fourth-order valence-corrected chi connectivity index (χ4v) is 3.34. The largest absolute Gasteiger partial charge is 0.573 e. The van der Waals surface area contributed by atoms with Gasteiger partial charge in [0.2, 0.25) is 0 Å². The zero-order chi connectivity index (χ0) is 23.7. The molecule has 12 heteroatoms. The monoisotopic (exact) mass is 465 g/mol. The van der Waals surface area contributed by atoms with Crippen LogP contribution in [0.4, 0.5) is 18.9 Å². The van der Waals surface area contributed by atoms with E-state index >= 15 is 0 Å². The molecular formula is C22H14F3N7O2. The molecule has 3 aromatic heterocycles. The molecule has 0 saturated heterocycles. The van der Waals surface area contributed by atoms with E-state index in [4.69, 9.17) is 0 Å². The van der Waals surface area contributed by atoms with Crippen molar-refractivity contribution in [2.75, 3.05) is 5.32 Å². The fraction of sp³-hybridized carbons (Fsp3) is 0.0455. The van der Waals surface area contributed by atoms with Crippen molar-refractivity contribution in [3.8, 4) is 22.7 Å². The molecule has 5 rings (SSSR count). The summed E-state index contributed by atoms with van der Waals surface area (Å²) in [6.07, 6.45) is 1.11. The molecule has 0 aliphatic carbocycles. The van der Waals surface area contributed by atoms with Gasteiger partial charge in [0.15, 0.2) is 5.65 Å². The number of nitrogens with zero attached hydrogens (tertiary/aromatic N) is 6. The van der Waals surface area contributed by atoms with E-state index < -0.39 is 12.3 Å². The maximum atomic E-state index is 12.9. The summed E-state index contributed by atoms with van der Waals surface area (Å²) in [6.45, 7) is 0. The Balaban J connectivity index is 1.46. The first kappa shape index (κ1) is 21.1. The number of para-hydroxylation sites is 1. The number of amides is 1. The van der Waals surface area contributed by atoms with E-state index in [1.54, 1.807) is 34.9 Å². The molecule has 0 aliphatic rings. The van der Waals surface area contributed by atoms with Gasteiger partial charge in [-0.3, -0.25) is 9.36 Å². The van der Waals surface area contributed by atoms with E-state index in [1.165, 1.54) is 53.8 Å². The fourth-order valence-electron chi connectivity index (χ4n) is 3.34. The minimum absolute atomic E-state index is 0.141. The number of alkyl halides is 3. The second-order valence-corrected chi connectivity index (χ2v) is 7.06. The van der Waals surface area contributed by atoms with Gasteiger partial charge in [-0.1, -0.05) is 18.2 Å². The van der Waals surface area contributed by atoms with Crippen LogP contribution in [0.15, 0.2) is 79.6 Å². The van der Waals surface area contributed by atoms with Crippen LogP contribution < -0.4 is 10.1 Å². The Kier molecular flexibility index (Phi) is 5.17. The number of ether oxygens (including phenoxy) is 1. The highest BCUT2D eigenvalue weighted by Crippen LogP contribution is 2.33. The summed E-state index contributed by atoms with van der Waals surface area (Å²) >= 11 is 0. The average Bonchev–Trinajstić information content (AvgIpc) is 3.49. The number of carbonyl (C=O) groups is 1. The van der Waals surface area contributed by atoms with Crippen LogP contribution in [0.3, 0.4) is 0 Å². The van der Waals surface area contributed by atoms with Crippen molar-refractivity contribution in [2.24, 2.45) is 0 Å². The zero-order valence-electron chi connectivity index (χ0n) is 17.1. The molecule has 5 aromatic rings. The normalized spacial score (nSPS) is 11.5. The third-order valence-electron chi connectivity index (χ3n) is 4.83. The van der Waals surface area contributed by atoms with Crippen LogP contribution in [-0.4, -0.2) is 41.6 Å². The summed E-state index contributed by atoms with van der Waals surface area (Å²) in [5, 5.41) is 14.4. The Morgan fingerprint density at radius 3 is 2.59 bits per heavy atom. The van der Waals surface area contributed by atoms with Crippen LogP contribution in [-0.2, 0) is 0 Å². The smallest absolute Gasteiger partial charge is 0.405 e. The maximum absolute atomic E-state index is 12.9. The first-order valence-corrected chi connectivity index (χ1v) is 9.83. The molecule has 1 N–H and O–H groups in total. The van der Waals surface area contributed by atoms with E-state index in [0.717, 1.165) is 0 Å². The summed E-state index contributed by atoms with van der Waals surface area (Å²) < 4.78 is 45.6. The van der Waals surface area contributed by atoms with Gasteiger partial charge in [0.25, 0.3) is 5.91 Å². The number of anilines is 1. The summed E-state index contributed by atoms with van der Waals surface area (Å²) in [4.78, 5) is 17.3. The summed E-state index contributed by atoms with van der Waals surface area (Å²) in [6, 6.07) is 14.0. The van der Waals surface area contributed by atoms with Gasteiger partial charge in [0.05, 0.1) is 11.9 Å². The maximum Gasteiger partial charge on any atom is 0.573 e. The van der Waals surface area contributed by atoms with Crippen LogP contribution in [0, 0.1) is 0 Å². The van der Waals surface area contributed by atoms with Crippen molar-refractivity contribution in [1.82, 2.24) is 29.4 Å². The number of aromatic nitrogens is 6. The van der Waals surface area contributed by atoms with Gasteiger partial charge in [0.1, 0.15) is 24.1 Å². The number of hydrogen-bond donors (Lipinski definition) is 1. The van der Waals surface area contributed by atoms with Crippen molar-refractivity contribution in [1.29, 1.82) is 0 Å². The summed E-state index contributed by atoms with van der Waals surface area (Å²) in [5.74, 6) is -0.805. The number of hydrogen-bond acceptors (Lipinski definition) is 6. The number of fused-ring (bicyclic) bond motifs is 1. The highest BCUT2D eigenvalue weighted by atomic mass is 19.4. The van der Waals surface area contributed by atoms with Crippen LogP contribution in [0.1, 0.15) is 10.4 Å². The molecule has 0 radical (unpaired) electrons. The van der Waals surface area contributed by atoms with Crippen molar-refractivity contribution in [3.05, 3.63) is 85.2 Å². The second kappa shape index (κ2) is 8.31. The predicted octanol–water partition coefficient (Wildman–Crippen LogP) is 4.13. The van der Waals surface area contributed by atoms with Crippen LogP contribution in [0.2, 0.25) is 0 Å².